The van der Waals surface area contributed by atoms with E-state index in [1.54, 1.807) is 0 Å². The zero-order valence-corrected chi connectivity index (χ0v) is 8.60. The van der Waals surface area contributed by atoms with Crippen molar-refractivity contribution in [2.24, 2.45) is 5.92 Å². The molecular weight excluding hydrogens is 184 g/mol. The standard InChI is InChI=1S/C9H12N2OS/c1-5(2)7-9(13-11-10-7)8(12)6-3-4-6/h5-6H,3-4H2,1-2H3. The molecule has 1 aliphatic rings. The molecule has 4 heteroatoms. The molecule has 0 N–H and O–H groups in total. The summed E-state index contributed by atoms with van der Waals surface area (Å²) in [5, 5.41) is 3.99. The molecule has 3 nitrogen and oxygen atoms in total. The summed E-state index contributed by atoms with van der Waals surface area (Å²) < 4.78 is 3.85. The van der Waals surface area contributed by atoms with E-state index in [0.717, 1.165) is 23.4 Å². The normalized spacial score (nSPS) is 16.5. The monoisotopic (exact) mass is 196 g/mol. The van der Waals surface area contributed by atoms with Crippen LogP contribution in [-0.2, 0) is 0 Å². The number of nitrogens with zero attached hydrogens (tertiary/aromatic N) is 2. The van der Waals surface area contributed by atoms with Gasteiger partial charge in [0.1, 0.15) is 4.88 Å². The summed E-state index contributed by atoms with van der Waals surface area (Å²) in [6.45, 7) is 4.08. The van der Waals surface area contributed by atoms with Crippen LogP contribution in [0.3, 0.4) is 0 Å². The van der Waals surface area contributed by atoms with Gasteiger partial charge in [0.05, 0.1) is 5.69 Å². The van der Waals surface area contributed by atoms with Gasteiger partial charge in [-0.05, 0) is 30.3 Å². The first-order chi connectivity index (χ1) is 6.20. The molecule has 0 aliphatic heterocycles. The van der Waals surface area contributed by atoms with Crippen LogP contribution in [0.2, 0.25) is 0 Å². The average Bonchev–Trinajstić information content (AvgIpc) is 2.80. The number of Topliss-reactive ketones (excluding diaryl/α,β-unsaturated/α-hetero) is 1. The Morgan fingerprint density at radius 1 is 1.54 bits per heavy atom. The van der Waals surface area contributed by atoms with Crippen LogP contribution in [0.5, 0.6) is 0 Å². The van der Waals surface area contributed by atoms with Gasteiger partial charge in [-0.3, -0.25) is 4.79 Å². The number of carbonyl (C=O) groups is 1. The Bertz CT molecular complexity index is 328. The number of aromatic nitrogens is 2. The fourth-order valence-corrected chi connectivity index (χ4v) is 2.11. The Balaban J connectivity index is 2.27. The molecule has 70 valence electrons. The Hall–Kier alpha value is -0.770. The molecule has 1 heterocycles. The number of rotatable bonds is 3. The summed E-state index contributed by atoms with van der Waals surface area (Å²) >= 11 is 1.24. The molecule has 13 heavy (non-hydrogen) atoms. The van der Waals surface area contributed by atoms with E-state index < -0.39 is 0 Å². The van der Waals surface area contributed by atoms with E-state index in [9.17, 15) is 4.79 Å². The Morgan fingerprint density at radius 3 is 2.77 bits per heavy atom. The van der Waals surface area contributed by atoms with Gasteiger partial charge in [0.25, 0.3) is 0 Å². The van der Waals surface area contributed by atoms with E-state index in [1.165, 1.54) is 11.5 Å². The molecule has 1 aliphatic carbocycles. The highest BCUT2D eigenvalue weighted by Gasteiger charge is 2.33. The lowest BCUT2D eigenvalue weighted by molar-refractivity contribution is 0.0970. The quantitative estimate of drug-likeness (QED) is 0.696. The number of carbonyl (C=O) groups excluding carboxylic acids is 1. The molecule has 1 aromatic heterocycles. The second-order valence-electron chi connectivity index (χ2n) is 3.78. The molecule has 0 radical (unpaired) electrons. The van der Waals surface area contributed by atoms with Gasteiger partial charge in [-0.1, -0.05) is 18.3 Å². The predicted molar refractivity (Wildman–Crippen MR) is 51.1 cm³/mol. The van der Waals surface area contributed by atoms with Crippen LogP contribution < -0.4 is 0 Å². The summed E-state index contributed by atoms with van der Waals surface area (Å²) in [5.41, 5.74) is 0.877. The smallest absolute Gasteiger partial charge is 0.179 e. The van der Waals surface area contributed by atoms with Gasteiger partial charge in [0.2, 0.25) is 0 Å². The van der Waals surface area contributed by atoms with Crippen molar-refractivity contribution in [3.8, 4) is 0 Å². The molecule has 0 amide bonds. The molecule has 0 spiro atoms. The number of ketones is 1. The molecule has 0 aromatic carbocycles. The van der Waals surface area contributed by atoms with E-state index in [2.05, 4.69) is 9.59 Å². The number of hydrogen-bond donors (Lipinski definition) is 0. The van der Waals surface area contributed by atoms with Gasteiger partial charge < -0.3 is 0 Å². The molecule has 0 saturated heterocycles. The van der Waals surface area contributed by atoms with Crippen molar-refractivity contribution in [2.75, 3.05) is 0 Å². The summed E-state index contributed by atoms with van der Waals surface area (Å²) in [6.07, 6.45) is 2.10. The zero-order valence-electron chi connectivity index (χ0n) is 7.78. The van der Waals surface area contributed by atoms with Crippen molar-refractivity contribution in [1.29, 1.82) is 0 Å². The van der Waals surface area contributed by atoms with Crippen LogP contribution in [-0.4, -0.2) is 15.4 Å². The van der Waals surface area contributed by atoms with E-state index >= 15 is 0 Å². The fraction of sp³-hybridized carbons (Fsp3) is 0.667. The highest BCUT2D eigenvalue weighted by Crippen LogP contribution is 2.35. The third kappa shape index (κ3) is 1.63. The van der Waals surface area contributed by atoms with Crippen LogP contribution in [0.1, 0.15) is 48.0 Å². The highest BCUT2D eigenvalue weighted by atomic mass is 32.1. The Morgan fingerprint density at radius 2 is 2.23 bits per heavy atom. The summed E-state index contributed by atoms with van der Waals surface area (Å²) in [7, 11) is 0. The first kappa shape index (κ1) is 8.81. The predicted octanol–water partition coefficient (Wildman–Crippen LogP) is 2.25. The minimum absolute atomic E-state index is 0.263. The summed E-state index contributed by atoms with van der Waals surface area (Å²) in [6, 6.07) is 0. The Kier molecular flexibility index (Phi) is 2.15. The Labute approximate surface area is 81.3 Å². The van der Waals surface area contributed by atoms with Crippen LogP contribution in [0.15, 0.2) is 0 Å². The number of hydrogen-bond acceptors (Lipinski definition) is 4. The van der Waals surface area contributed by atoms with Gasteiger partial charge in [-0.15, -0.1) is 5.10 Å². The molecule has 0 atom stereocenters. The van der Waals surface area contributed by atoms with E-state index in [-0.39, 0.29) is 11.7 Å². The second-order valence-corrected chi connectivity index (χ2v) is 4.53. The average molecular weight is 196 g/mol. The van der Waals surface area contributed by atoms with E-state index in [1.807, 2.05) is 13.8 Å². The van der Waals surface area contributed by atoms with Gasteiger partial charge in [-0.25, -0.2) is 0 Å². The topological polar surface area (TPSA) is 42.9 Å². The molecule has 1 saturated carbocycles. The lowest BCUT2D eigenvalue weighted by Gasteiger charge is -2.01. The first-order valence-electron chi connectivity index (χ1n) is 4.56. The molecule has 2 rings (SSSR count). The van der Waals surface area contributed by atoms with Crippen molar-refractivity contribution in [1.82, 2.24) is 9.59 Å². The van der Waals surface area contributed by atoms with Gasteiger partial charge in [0, 0.05) is 5.92 Å². The maximum absolute atomic E-state index is 11.7. The SMILES string of the molecule is CC(C)c1nnsc1C(=O)C1CC1. The van der Waals surface area contributed by atoms with Crippen molar-refractivity contribution >= 4 is 17.3 Å². The minimum Gasteiger partial charge on any atom is -0.293 e. The lowest BCUT2D eigenvalue weighted by atomic mass is 10.1. The third-order valence-electron chi connectivity index (χ3n) is 2.23. The minimum atomic E-state index is 0.263. The largest absolute Gasteiger partial charge is 0.293 e. The maximum Gasteiger partial charge on any atom is 0.179 e. The van der Waals surface area contributed by atoms with Crippen LogP contribution in [0.4, 0.5) is 0 Å². The third-order valence-corrected chi connectivity index (χ3v) is 2.99. The summed E-state index contributed by atoms with van der Waals surface area (Å²) in [5.74, 6) is 0.842. The van der Waals surface area contributed by atoms with Gasteiger partial charge in [0.15, 0.2) is 5.78 Å². The van der Waals surface area contributed by atoms with Crippen molar-refractivity contribution in [3.05, 3.63) is 10.6 Å². The first-order valence-corrected chi connectivity index (χ1v) is 5.34. The molecule has 1 aromatic rings. The summed E-state index contributed by atoms with van der Waals surface area (Å²) in [4.78, 5) is 12.5. The van der Waals surface area contributed by atoms with Gasteiger partial charge in [-0.2, -0.15) is 0 Å². The lowest BCUT2D eigenvalue weighted by Crippen LogP contribution is -2.03. The highest BCUT2D eigenvalue weighted by molar-refractivity contribution is 7.08. The van der Waals surface area contributed by atoms with Crippen molar-refractivity contribution in [2.45, 2.75) is 32.6 Å². The maximum atomic E-state index is 11.7. The molecule has 1 fully saturated rings. The zero-order chi connectivity index (χ0) is 9.42. The fourth-order valence-electron chi connectivity index (χ4n) is 1.28. The van der Waals surface area contributed by atoms with Crippen molar-refractivity contribution < 1.29 is 4.79 Å². The second kappa shape index (κ2) is 3.18. The molecule has 0 unspecified atom stereocenters. The van der Waals surface area contributed by atoms with Crippen LogP contribution in [0, 0.1) is 5.92 Å². The molecule has 0 bridgehead atoms. The molecular formula is C9H12N2OS. The van der Waals surface area contributed by atoms with E-state index in [0.29, 0.717) is 5.92 Å². The van der Waals surface area contributed by atoms with Crippen LogP contribution >= 0.6 is 11.5 Å². The van der Waals surface area contributed by atoms with Crippen LogP contribution in [0.25, 0.3) is 0 Å². The van der Waals surface area contributed by atoms with Crippen molar-refractivity contribution in [3.63, 3.8) is 0 Å². The van der Waals surface area contributed by atoms with E-state index in [4.69, 9.17) is 0 Å². The van der Waals surface area contributed by atoms with Gasteiger partial charge >= 0.3 is 0 Å².